The Morgan fingerprint density at radius 1 is 1.09 bits per heavy atom. The molecule has 0 atom stereocenters. The van der Waals surface area contributed by atoms with E-state index >= 15 is 0 Å². The van der Waals surface area contributed by atoms with Crippen LogP contribution in [-0.2, 0) is 9.53 Å². The molecular formula is C18H17NO2S. The Bertz CT molecular complexity index is 694. The van der Waals surface area contributed by atoms with Crippen LogP contribution >= 0.6 is 11.8 Å². The summed E-state index contributed by atoms with van der Waals surface area (Å²) < 4.78 is 5.08. The van der Waals surface area contributed by atoms with Gasteiger partial charge in [0.05, 0.1) is 23.6 Å². The van der Waals surface area contributed by atoms with Gasteiger partial charge < -0.3 is 9.64 Å². The summed E-state index contributed by atoms with van der Waals surface area (Å²) in [4.78, 5) is 16.3. The number of anilines is 2. The van der Waals surface area contributed by atoms with Crippen molar-refractivity contribution >= 4 is 29.1 Å². The maximum atomic E-state index is 11.9. The monoisotopic (exact) mass is 311 g/mol. The van der Waals surface area contributed by atoms with Crippen molar-refractivity contribution in [1.29, 1.82) is 0 Å². The Labute approximate surface area is 134 Å². The summed E-state index contributed by atoms with van der Waals surface area (Å²) in [6.45, 7) is 3.98. The summed E-state index contributed by atoms with van der Waals surface area (Å²) >= 11 is 1.74. The van der Waals surface area contributed by atoms with Crippen molar-refractivity contribution in [1.82, 2.24) is 0 Å². The van der Waals surface area contributed by atoms with Gasteiger partial charge in [-0.15, -0.1) is 0 Å². The van der Waals surface area contributed by atoms with E-state index in [1.54, 1.807) is 18.7 Å². The number of hydrogen-bond acceptors (Lipinski definition) is 4. The molecule has 0 saturated heterocycles. The highest BCUT2D eigenvalue weighted by molar-refractivity contribution is 7.99. The number of carbonyl (C=O) groups is 1. The van der Waals surface area contributed by atoms with E-state index in [0.29, 0.717) is 12.2 Å². The van der Waals surface area contributed by atoms with Crippen molar-refractivity contribution in [2.75, 3.05) is 11.5 Å². The summed E-state index contributed by atoms with van der Waals surface area (Å²) in [7, 11) is 0. The maximum Gasteiger partial charge on any atom is 0.335 e. The molecule has 2 aromatic carbocycles. The lowest BCUT2D eigenvalue weighted by molar-refractivity contribution is -0.138. The zero-order chi connectivity index (χ0) is 15.5. The number of ether oxygens (including phenoxy) is 1. The second-order valence-corrected chi connectivity index (χ2v) is 6.02. The first-order valence-electron chi connectivity index (χ1n) is 7.21. The number of carbonyl (C=O) groups excluding carboxylic acids is 1. The van der Waals surface area contributed by atoms with Crippen LogP contribution in [-0.4, -0.2) is 12.6 Å². The number of nitrogens with zero attached hydrogens (tertiary/aromatic N) is 1. The SMILES string of the molecule is CCOC(=O)C(C)=CN1c2ccccc2Sc2ccccc21. The molecule has 1 aliphatic rings. The van der Waals surface area contributed by atoms with Gasteiger partial charge in [-0.05, 0) is 38.1 Å². The Kier molecular flexibility index (Phi) is 4.20. The van der Waals surface area contributed by atoms with Crippen molar-refractivity contribution in [2.45, 2.75) is 23.6 Å². The van der Waals surface area contributed by atoms with Gasteiger partial charge in [0.15, 0.2) is 0 Å². The first kappa shape index (κ1) is 14.7. The summed E-state index contributed by atoms with van der Waals surface area (Å²) in [5, 5.41) is 0. The molecule has 0 amide bonds. The Morgan fingerprint density at radius 2 is 1.64 bits per heavy atom. The number of esters is 1. The summed E-state index contributed by atoms with van der Waals surface area (Å²) in [6.07, 6.45) is 1.86. The fraction of sp³-hybridized carbons (Fsp3) is 0.167. The number of fused-ring (bicyclic) bond motifs is 2. The lowest BCUT2D eigenvalue weighted by Crippen LogP contribution is -2.16. The van der Waals surface area contributed by atoms with Crippen LogP contribution in [0.4, 0.5) is 11.4 Å². The van der Waals surface area contributed by atoms with E-state index in [1.807, 2.05) is 37.4 Å². The number of para-hydroxylation sites is 2. The van der Waals surface area contributed by atoms with E-state index in [9.17, 15) is 4.79 Å². The lowest BCUT2D eigenvalue weighted by Gasteiger charge is -2.30. The molecule has 0 N–H and O–H groups in total. The van der Waals surface area contributed by atoms with Gasteiger partial charge in [0.1, 0.15) is 0 Å². The number of hydrogen-bond donors (Lipinski definition) is 0. The van der Waals surface area contributed by atoms with Gasteiger partial charge in [0, 0.05) is 16.0 Å². The van der Waals surface area contributed by atoms with Crippen LogP contribution in [0.15, 0.2) is 70.1 Å². The highest BCUT2D eigenvalue weighted by Crippen LogP contribution is 2.48. The fourth-order valence-electron chi connectivity index (χ4n) is 2.36. The maximum absolute atomic E-state index is 11.9. The van der Waals surface area contributed by atoms with Gasteiger partial charge in [-0.3, -0.25) is 0 Å². The standard InChI is InChI=1S/C18H17NO2S/c1-3-21-18(20)13(2)12-19-14-8-4-6-10-16(14)22-17-11-7-5-9-15(17)19/h4-12H,3H2,1-2H3. The van der Waals surface area contributed by atoms with Crippen LogP contribution < -0.4 is 4.90 Å². The fourth-order valence-corrected chi connectivity index (χ4v) is 3.44. The predicted molar refractivity (Wildman–Crippen MR) is 89.5 cm³/mol. The van der Waals surface area contributed by atoms with Gasteiger partial charge in [-0.2, -0.15) is 0 Å². The molecule has 0 fully saturated rings. The molecule has 1 heterocycles. The van der Waals surface area contributed by atoms with E-state index in [0.717, 1.165) is 11.4 Å². The topological polar surface area (TPSA) is 29.5 Å². The molecule has 0 aromatic heterocycles. The summed E-state index contributed by atoms with van der Waals surface area (Å²) in [5.74, 6) is -0.282. The van der Waals surface area contributed by atoms with E-state index < -0.39 is 0 Å². The van der Waals surface area contributed by atoms with E-state index in [2.05, 4.69) is 29.2 Å². The highest BCUT2D eigenvalue weighted by atomic mass is 32.2. The van der Waals surface area contributed by atoms with Crippen LogP contribution in [0.25, 0.3) is 0 Å². The van der Waals surface area contributed by atoms with Crippen LogP contribution in [0.3, 0.4) is 0 Å². The first-order valence-corrected chi connectivity index (χ1v) is 8.03. The lowest BCUT2D eigenvalue weighted by atomic mass is 10.2. The van der Waals surface area contributed by atoms with E-state index in [1.165, 1.54) is 9.79 Å². The molecule has 0 unspecified atom stereocenters. The van der Waals surface area contributed by atoms with Crippen molar-refractivity contribution in [3.63, 3.8) is 0 Å². The largest absolute Gasteiger partial charge is 0.463 e. The number of benzene rings is 2. The second kappa shape index (κ2) is 6.28. The molecular weight excluding hydrogens is 294 g/mol. The first-order chi connectivity index (χ1) is 10.7. The van der Waals surface area contributed by atoms with E-state index in [-0.39, 0.29) is 5.97 Å². The third-order valence-corrected chi connectivity index (χ3v) is 4.52. The van der Waals surface area contributed by atoms with Crippen LogP contribution in [0.2, 0.25) is 0 Å². The van der Waals surface area contributed by atoms with Gasteiger partial charge >= 0.3 is 5.97 Å². The molecule has 0 aliphatic carbocycles. The molecule has 4 heteroatoms. The Hall–Kier alpha value is -2.20. The molecule has 3 nitrogen and oxygen atoms in total. The van der Waals surface area contributed by atoms with Crippen LogP contribution in [0.5, 0.6) is 0 Å². The average molecular weight is 311 g/mol. The molecule has 22 heavy (non-hydrogen) atoms. The average Bonchev–Trinajstić information content (AvgIpc) is 2.54. The minimum absolute atomic E-state index is 0.282. The Morgan fingerprint density at radius 3 is 2.18 bits per heavy atom. The third kappa shape index (κ3) is 2.74. The van der Waals surface area contributed by atoms with Gasteiger partial charge in [0.2, 0.25) is 0 Å². The minimum atomic E-state index is -0.282. The highest BCUT2D eigenvalue weighted by Gasteiger charge is 2.22. The smallest absolute Gasteiger partial charge is 0.335 e. The van der Waals surface area contributed by atoms with Crippen LogP contribution in [0, 0.1) is 0 Å². The normalized spacial score (nSPS) is 13.4. The van der Waals surface area contributed by atoms with Gasteiger partial charge in [0.25, 0.3) is 0 Å². The molecule has 0 spiro atoms. The molecule has 3 rings (SSSR count). The quantitative estimate of drug-likeness (QED) is 0.604. The zero-order valence-electron chi connectivity index (χ0n) is 12.6. The second-order valence-electron chi connectivity index (χ2n) is 4.94. The van der Waals surface area contributed by atoms with Crippen molar-refractivity contribution in [3.8, 4) is 0 Å². The molecule has 0 bridgehead atoms. The third-order valence-electron chi connectivity index (χ3n) is 3.39. The molecule has 0 radical (unpaired) electrons. The van der Waals surface area contributed by atoms with E-state index in [4.69, 9.17) is 4.74 Å². The van der Waals surface area contributed by atoms with Gasteiger partial charge in [-0.25, -0.2) is 4.79 Å². The van der Waals surface area contributed by atoms with Crippen LogP contribution in [0.1, 0.15) is 13.8 Å². The molecule has 0 saturated carbocycles. The molecule has 112 valence electrons. The Balaban J connectivity index is 2.07. The minimum Gasteiger partial charge on any atom is -0.463 e. The summed E-state index contributed by atoms with van der Waals surface area (Å²) in [5.41, 5.74) is 2.74. The van der Waals surface area contributed by atoms with Gasteiger partial charge in [-0.1, -0.05) is 36.0 Å². The molecule has 1 aliphatic heterocycles. The van der Waals surface area contributed by atoms with Crippen molar-refractivity contribution < 1.29 is 9.53 Å². The predicted octanol–water partition coefficient (Wildman–Crippen LogP) is 4.76. The summed E-state index contributed by atoms with van der Waals surface area (Å²) in [6, 6.07) is 16.4. The van der Waals surface area contributed by atoms with Crippen molar-refractivity contribution in [2.24, 2.45) is 0 Å². The molecule has 2 aromatic rings. The zero-order valence-corrected chi connectivity index (χ0v) is 13.4. The number of rotatable bonds is 3. The van der Waals surface area contributed by atoms with Crippen molar-refractivity contribution in [3.05, 3.63) is 60.3 Å².